The molecule has 0 aliphatic carbocycles. The van der Waals surface area contributed by atoms with Crippen LogP contribution in [0.5, 0.6) is 0 Å². The van der Waals surface area contributed by atoms with Crippen molar-refractivity contribution in [3.63, 3.8) is 0 Å². The van der Waals surface area contributed by atoms with Gasteiger partial charge in [0, 0.05) is 35.2 Å². The fourth-order valence-electron chi connectivity index (χ4n) is 3.15. The highest BCUT2D eigenvalue weighted by Gasteiger charge is 2.36. The molecule has 0 saturated carbocycles. The van der Waals surface area contributed by atoms with E-state index in [0.29, 0.717) is 18.8 Å². The smallest absolute Gasteiger partial charge is 0.0707 e. The number of halogens is 2. The van der Waals surface area contributed by atoms with E-state index in [1.807, 2.05) is 12.1 Å². The second-order valence-electron chi connectivity index (χ2n) is 5.33. The molecule has 2 aliphatic rings. The third-order valence-corrected chi connectivity index (χ3v) is 4.98. The van der Waals surface area contributed by atoms with Crippen molar-refractivity contribution >= 4 is 27.5 Å². The molecular formula is C14H18BrClN2O. The van der Waals surface area contributed by atoms with Crippen molar-refractivity contribution in [2.75, 3.05) is 19.6 Å². The summed E-state index contributed by atoms with van der Waals surface area (Å²) in [5.74, 6) is 0. The molecule has 2 heterocycles. The number of fused-ring (bicyclic) bond motifs is 2. The molecule has 104 valence electrons. The second kappa shape index (κ2) is 5.70. The lowest BCUT2D eigenvalue weighted by atomic mass is 10.0. The molecule has 2 saturated heterocycles. The normalized spacial score (nSPS) is 28.6. The minimum Gasteiger partial charge on any atom is -0.372 e. The van der Waals surface area contributed by atoms with Gasteiger partial charge in [0.2, 0.25) is 0 Å². The predicted molar refractivity (Wildman–Crippen MR) is 80.4 cm³/mol. The SMILES string of the molecule is NCC(c1ccc(Cl)cc1Br)N1CC2CCC(C1)O2. The number of ether oxygens (including phenoxy) is 1. The highest BCUT2D eigenvalue weighted by Crippen LogP contribution is 2.34. The van der Waals surface area contributed by atoms with Crippen LogP contribution in [0.1, 0.15) is 24.4 Å². The van der Waals surface area contributed by atoms with Gasteiger partial charge in [0.15, 0.2) is 0 Å². The highest BCUT2D eigenvalue weighted by molar-refractivity contribution is 9.10. The van der Waals surface area contributed by atoms with E-state index in [-0.39, 0.29) is 6.04 Å². The summed E-state index contributed by atoms with van der Waals surface area (Å²) in [6.45, 7) is 2.57. The zero-order valence-corrected chi connectivity index (χ0v) is 13.0. The van der Waals surface area contributed by atoms with E-state index in [0.717, 1.165) is 22.6 Å². The summed E-state index contributed by atoms with van der Waals surface area (Å²) in [6.07, 6.45) is 3.14. The monoisotopic (exact) mass is 344 g/mol. The van der Waals surface area contributed by atoms with Crippen molar-refractivity contribution < 1.29 is 4.74 Å². The Morgan fingerprint density at radius 1 is 1.37 bits per heavy atom. The molecular weight excluding hydrogens is 328 g/mol. The minimum absolute atomic E-state index is 0.235. The van der Waals surface area contributed by atoms with Crippen LogP contribution >= 0.6 is 27.5 Å². The maximum atomic E-state index is 6.02. The lowest BCUT2D eigenvalue weighted by Crippen LogP contribution is -2.46. The third kappa shape index (κ3) is 2.83. The lowest BCUT2D eigenvalue weighted by Gasteiger charge is -2.38. The molecule has 1 aromatic rings. The summed E-state index contributed by atoms with van der Waals surface area (Å²) in [7, 11) is 0. The van der Waals surface area contributed by atoms with Crippen molar-refractivity contribution in [2.45, 2.75) is 31.1 Å². The van der Waals surface area contributed by atoms with E-state index >= 15 is 0 Å². The summed E-state index contributed by atoms with van der Waals surface area (Å²) in [4.78, 5) is 2.46. The first-order chi connectivity index (χ1) is 9.17. The Hall–Kier alpha value is -0.130. The van der Waals surface area contributed by atoms with Gasteiger partial charge in [-0.1, -0.05) is 33.6 Å². The fraction of sp³-hybridized carbons (Fsp3) is 0.571. The first-order valence-electron chi connectivity index (χ1n) is 6.72. The third-order valence-electron chi connectivity index (χ3n) is 4.06. The van der Waals surface area contributed by atoms with Crippen molar-refractivity contribution in [1.29, 1.82) is 0 Å². The summed E-state index contributed by atoms with van der Waals surface area (Å²) < 4.78 is 6.93. The van der Waals surface area contributed by atoms with Crippen LogP contribution in [-0.2, 0) is 4.74 Å². The molecule has 19 heavy (non-hydrogen) atoms. The number of morpholine rings is 1. The molecule has 3 nitrogen and oxygen atoms in total. The van der Waals surface area contributed by atoms with Gasteiger partial charge in [-0.25, -0.2) is 0 Å². The summed E-state index contributed by atoms with van der Waals surface area (Å²) >= 11 is 9.62. The number of benzene rings is 1. The van der Waals surface area contributed by atoms with Crippen LogP contribution in [0, 0.1) is 0 Å². The average Bonchev–Trinajstić information content (AvgIpc) is 2.72. The zero-order chi connectivity index (χ0) is 13.4. The average molecular weight is 346 g/mol. The summed E-state index contributed by atoms with van der Waals surface area (Å²) in [5, 5.41) is 0.744. The Kier molecular flexibility index (Phi) is 4.15. The van der Waals surface area contributed by atoms with Crippen LogP contribution < -0.4 is 5.73 Å². The number of nitrogens with zero attached hydrogens (tertiary/aromatic N) is 1. The van der Waals surface area contributed by atoms with E-state index in [1.165, 1.54) is 18.4 Å². The van der Waals surface area contributed by atoms with Crippen molar-refractivity contribution in [2.24, 2.45) is 5.73 Å². The van der Waals surface area contributed by atoms with Gasteiger partial charge in [-0.3, -0.25) is 4.90 Å². The van der Waals surface area contributed by atoms with E-state index in [2.05, 4.69) is 26.9 Å². The number of likely N-dealkylation sites (tertiary alicyclic amines) is 1. The summed E-state index contributed by atoms with van der Waals surface area (Å²) in [6, 6.07) is 6.17. The van der Waals surface area contributed by atoms with E-state index in [9.17, 15) is 0 Å². The van der Waals surface area contributed by atoms with Gasteiger partial charge in [-0.05, 0) is 30.5 Å². The molecule has 2 N–H and O–H groups in total. The molecule has 3 unspecified atom stereocenters. The Labute approximate surface area is 127 Å². The molecule has 0 aromatic heterocycles. The molecule has 2 aliphatic heterocycles. The predicted octanol–water partition coefficient (Wildman–Crippen LogP) is 2.97. The summed E-state index contributed by atoms with van der Waals surface area (Å²) in [5.41, 5.74) is 7.23. The van der Waals surface area contributed by atoms with E-state index in [1.54, 1.807) is 0 Å². The molecule has 1 aromatic carbocycles. The van der Waals surface area contributed by atoms with E-state index < -0.39 is 0 Å². The maximum absolute atomic E-state index is 6.02. The molecule has 0 spiro atoms. The molecule has 3 rings (SSSR count). The Bertz CT molecular complexity index is 459. The van der Waals surface area contributed by atoms with Crippen LogP contribution in [0.25, 0.3) is 0 Å². The van der Waals surface area contributed by atoms with Gasteiger partial charge < -0.3 is 10.5 Å². The van der Waals surface area contributed by atoms with Gasteiger partial charge in [0.1, 0.15) is 0 Å². The number of rotatable bonds is 3. The van der Waals surface area contributed by atoms with Crippen LogP contribution in [-0.4, -0.2) is 36.7 Å². The van der Waals surface area contributed by atoms with Gasteiger partial charge >= 0.3 is 0 Å². The standard InChI is InChI=1S/C14H18BrClN2O/c15-13-5-9(16)1-4-12(13)14(6-17)18-7-10-2-3-11(8-18)19-10/h1,4-5,10-11,14H,2-3,6-8,17H2. The molecule has 3 atom stereocenters. The molecule has 0 radical (unpaired) electrons. The van der Waals surface area contributed by atoms with Crippen LogP contribution in [0.2, 0.25) is 5.02 Å². The first-order valence-corrected chi connectivity index (χ1v) is 7.89. The van der Waals surface area contributed by atoms with Gasteiger partial charge in [0.25, 0.3) is 0 Å². The molecule has 2 fully saturated rings. The number of hydrogen-bond donors (Lipinski definition) is 1. The molecule has 0 amide bonds. The number of nitrogens with two attached hydrogens (primary N) is 1. The Morgan fingerprint density at radius 2 is 2.05 bits per heavy atom. The van der Waals surface area contributed by atoms with Crippen molar-refractivity contribution in [3.8, 4) is 0 Å². The van der Waals surface area contributed by atoms with Crippen LogP contribution in [0.4, 0.5) is 0 Å². The maximum Gasteiger partial charge on any atom is 0.0707 e. The second-order valence-corrected chi connectivity index (χ2v) is 6.62. The topological polar surface area (TPSA) is 38.5 Å². The van der Waals surface area contributed by atoms with Crippen LogP contribution in [0.15, 0.2) is 22.7 Å². The van der Waals surface area contributed by atoms with Crippen LogP contribution in [0.3, 0.4) is 0 Å². The number of hydrogen-bond acceptors (Lipinski definition) is 3. The van der Waals surface area contributed by atoms with Crippen molar-refractivity contribution in [1.82, 2.24) is 4.90 Å². The Balaban J connectivity index is 1.83. The lowest BCUT2D eigenvalue weighted by molar-refractivity contribution is -0.0521. The highest BCUT2D eigenvalue weighted by atomic mass is 79.9. The Morgan fingerprint density at radius 3 is 2.63 bits per heavy atom. The quantitative estimate of drug-likeness (QED) is 0.915. The van der Waals surface area contributed by atoms with Gasteiger partial charge in [-0.2, -0.15) is 0 Å². The molecule has 5 heteroatoms. The molecule has 2 bridgehead atoms. The largest absolute Gasteiger partial charge is 0.372 e. The van der Waals surface area contributed by atoms with Gasteiger partial charge in [0.05, 0.1) is 12.2 Å². The van der Waals surface area contributed by atoms with Crippen molar-refractivity contribution in [3.05, 3.63) is 33.3 Å². The fourth-order valence-corrected chi connectivity index (χ4v) is 4.09. The van der Waals surface area contributed by atoms with E-state index in [4.69, 9.17) is 22.1 Å². The zero-order valence-electron chi connectivity index (χ0n) is 10.7. The van der Waals surface area contributed by atoms with Gasteiger partial charge in [-0.15, -0.1) is 0 Å². The first kappa shape index (κ1) is 13.8. The minimum atomic E-state index is 0.235.